The zero-order valence-corrected chi connectivity index (χ0v) is 20.0. The quantitative estimate of drug-likeness (QED) is 0.389. The van der Waals surface area contributed by atoms with Crippen LogP contribution in [0.1, 0.15) is 0 Å². The molecule has 4 aromatic rings. The number of carbonyl (C=O) groups is 2. The first-order valence-electron chi connectivity index (χ1n) is 12.1. The van der Waals surface area contributed by atoms with E-state index >= 15 is 0 Å². The topological polar surface area (TPSA) is 47.1 Å². The number of hydrazine groups is 1. The summed E-state index contributed by atoms with van der Waals surface area (Å²) in [5.41, 5.74) is 3.42. The number of nitrogens with zero attached hydrogens (tertiary/aromatic N) is 4. The van der Waals surface area contributed by atoms with E-state index in [0.717, 1.165) is 11.4 Å². The Morgan fingerprint density at radius 2 is 0.639 bits per heavy atom. The fraction of sp³-hybridized carbons (Fsp3) is 0.133. The number of hydrogen-bond donors (Lipinski definition) is 0. The molecule has 6 nitrogen and oxygen atoms in total. The number of amides is 2. The highest BCUT2D eigenvalue weighted by atomic mass is 16.2. The second kappa shape index (κ2) is 10.8. The first kappa shape index (κ1) is 23.2. The van der Waals surface area contributed by atoms with Crippen molar-refractivity contribution < 1.29 is 9.59 Å². The maximum atomic E-state index is 13.6. The molecule has 0 radical (unpaired) electrons. The van der Waals surface area contributed by atoms with Crippen molar-refractivity contribution in [2.45, 2.75) is 0 Å². The molecule has 0 saturated carbocycles. The zero-order chi connectivity index (χ0) is 24.7. The van der Waals surface area contributed by atoms with Crippen LogP contribution in [0.15, 0.2) is 121 Å². The summed E-state index contributed by atoms with van der Waals surface area (Å²) in [6.45, 7) is 1.71. The number of carbonyl (C=O) groups excluding carboxylic acids is 2. The fourth-order valence-electron chi connectivity index (χ4n) is 4.51. The number of anilines is 4. The molecule has 2 amide bonds. The predicted molar refractivity (Wildman–Crippen MR) is 145 cm³/mol. The fourth-order valence-corrected chi connectivity index (χ4v) is 4.51. The molecule has 1 heterocycles. The van der Waals surface area contributed by atoms with Crippen LogP contribution < -0.4 is 19.8 Å². The molecule has 1 aliphatic heterocycles. The van der Waals surface area contributed by atoms with Gasteiger partial charge in [0.2, 0.25) is 0 Å². The Labute approximate surface area is 211 Å². The maximum absolute atomic E-state index is 13.6. The van der Waals surface area contributed by atoms with Crippen LogP contribution in [0, 0.1) is 0 Å². The third-order valence-corrected chi connectivity index (χ3v) is 6.28. The van der Waals surface area contributed by atoms with Crippen LogP contribution in [0.4, 0.5) is 22.7 Å². The maximum Gasteiger partial charge on any atom is 0.316 e. The van der Waals surface area contributed by atoms with Crippen molar-refractivity contribution in [2.75, 3.05) is 46.0 Å². The average Bonchev–Trinajstić information content (AvgIpc) is 2.95. The van der Waals surface area contributed by atoms with E-state index in [1.807, 2.05) is 97.1 Å². The molecule has 0 bridgehead atoms. The third kappa shape index (κ3) is 4.93. The van der Waals surface area contributed by atoms with Crippen molar-refractivity contribution in [2.24, 2.45) is 0 Å². The highest BCUT2D eigenvalue weighted by Crippen LogP contribution is 2.26. The molecule has 0 N–H and O–H groups in total. The minimum Gasteiger partial charge on any atom is -0.302 e. The van der Waals surface area contributed by atoms with E-state index in [9.17, 15) is 9.59 Å². The van der Waals surface area contributed by atoms with Crippen LogP contribution in [0.25, 0.3) is 0 Å². The molecule has 6 heteroatoms. The Bertz CT molecular complexity index is 1180. The van der Waals surface area contributed by atoms with Gasteiger partial charge in [0.25, 0.3) is 0 Å². The van der Waals surface area contributed by atoms with Crippen molar-refractivity contribution in [3.8, 4) is 0 Å². The lowest BCUT2D eigenvalue weighted by molar-refractivity contribution is -0.136. The molecular formula is C30H28N4O2. The van der Waals surface area contributed by atoms with Crippen molar-refractivity contribution in [3.63, 3.8) is 0 Å². The molecule has 0 atom stereocenters. The largest absolute Gasteiger partial charge is 0.316 e. The van der Waals surface area contributed by atoms with Crippen LogP contribution >= 0.6 is 0 Å². The summed E-state index contributed by atoms with van der Waals surface area (Å²) in [6, 6.07) is 39.1. The zero-order valence-electron chi connectivity index (χ0n) is 20.0. The van der Waals surface area contributed by atoms with E-state index in [1.165, 1.54) is 0 Å². The van der Waals surface area contributed by atoms with Gasteiger partial charge in [-0.1, -0.05) is 72.8 Å². The van der Waals surface area contributed by atoms with Gasteiger partial charge in [0, 0.05) is 24.5 Å². The number of benzene rings is 4. The number of para-hydroxylation sites is 4. The number of hydrogen-bond acceptors (Lipinski definition) is 4. The number of rotatable bonds is 4. The van der Waals surface area contributed by atoms with Gasteiger partial charge < -0.3 is 9.80 Å². The molecular weight excluding hydrogens is 448 g/mol. The van der Waals surface area contributed by atoms with Gasteiger partial charge in [-0.2, -0.15) is 0 Å². The molecule has 0 aliphatic carbocycles. The standard InChI is InChI=1S/C30H28N4O2/c35-29-30(36)32(26-15-7-2-8-16-26)22-24-34(28-19-11-4-12-20-28)33(27-17-9-3-10-18-27)23-21-31(29)25-13-5-1-6-14-25/h1-20H,21-24H2. The lowest BCUT2D eigenvalue weighted by Gasteiger charge is -2.41. The Kier molecular flexibility index (Phi) is 6.94. The molecule has 1 fully saturated rings. The van der Waals surface area contributed by atoms with Gasteiger partial charge in [-0.3, -0.25) is 19.6 Å². The first-order chi connectivity index (χ1) is 17.7. The lowest BCUT2D eigenvalue weighted by Crippen LogP contribution is -2.56. The summed E-state index contributed by atoms with van der Waals surface area (Å²) in [4.78, 5) is 30.5. The van der Waals surface area contributed by atoms with E-state index in [1.54, 1.807) is 9.80 Å². The van der Waals surface area contributed by atoms with Crippen LogP contribution in [0.2, 0.25) is 0 Å². The Morgan fingerprint density at radius 3 is 0.944 bits per heavy atom. The smallest absolute Gasteiger partial charge is 0.302 e. The van der Waals surface area contributed by atoms with Gasteiger partial charge in [0.15, 0.2) is 0 Å². The highest BCUT2D eigenvalue weighted by Gasteiger charge is 2.32. The van der Waals surface area contributed by atoms with Crippen LogP contribution in [-0.4, -0.2) is 38.0 Å². The van der Waals surface area contributed by atoms with E-state index in [2.05, 4.69) is 34.3 Å². The Hall–Kier alpha value is -4.58. The summed E-state index contributed by atoms with van der Waals surface area (Å²) in [5, 5.41) is 4.38. The summed E-state index contributed by atoms with van der Waals surface area (Å²) < 4.78 is 0. The summed E-state index contributed by atoms with van der Waals surface area (Å²) in [7, 11) is 0. The van der Waals surface area contributed by atoms with Crippen molar-refractivity contribution in [1.29, 1.82) is 0 Å². The average molecular weight is 477 g/mol. The molecule has 1 aliphatic rings. The van der Waals surface area contributed by atoms with E-state index < -0.39 is 11.8 Å². The van der Waals surface area contributed by atoms with Gasteiger partial charge in [0.1, 0.15) is 0 Å². The van der Waals surface area contributed by atoms with Crippen LogP contribution in [-0.2, 0) is 9.59 Å². The Balaban J connectivity index is 1.61. The molecule has 180 valence electrons. The van der Waals surface area contributed by atoms with Gasteiger partial charge in [-0.15, -0.1) is 0 Å². The molecule has 4 aromatic carbocycles. The van der Waals surface area contributed by atoms with E-state index in [4.69, 9.17) is 0 Å². The summed E-state index contributed by atoms with van der Waals surface area (Å²) in [6.07, 6.45) is 0. The molecule has 0 spiro atoms. The van der Waals surface area contributed by atoms with Crippen LogP contribution in [0.3, 0.4) is 0 Å². The Morgan fingerprint density at radius 1 is 0.361 bits per heavy atom. The molecule has 0 unspecified atom stereocenters. The summed E-state index contributed by atoms with van der Waals surface area (Å²) in [5.74, 6) is -1.07. The lowest BCUT2D eigenvalue weighted by atomic mass is 10.2. The van der Waals surface area contributed by atoms with Crippen molar-refractivity contribution >= 4 is 34.6 Å². The van der Waals surface area contributed by atoms with Gasteiger partial charge in [-0.05, 0) is 48.5 Å². The van der Waals surface area contributed by atoms with E-state index in [-0.39, 0.29) is 0 Å². The predicted octanol–water partition coefficient (Wildman–Crippen LogP) is 4.99. The third-order valence-electron chi connectivity index (χ3n) is 6.28. The normalized spacial score (nSPS) is 15.2. The van der Waals surface area contributed by atoms with Crippen molar-refractivity contribution in [1.82, 2.24) is 0 Å². The second-order valence-corrected chi connectivity index (χ2v) is 8.50. The van der Waals surface area contributed by atoms with Gasteiger partial charge >= 0.3 is 11.8 Å². The van der Waals surface area contributed by atoms with E-state index in [0.29, 0.717) is 37.6 Å². The van der Waals surface area contributed by atoms with Crippen LogP contribution in [0.5, 0.6) is 0 Å². The molecule has 36 heavy (non-hydrogen) atoms. The minimum atomic E-state index is -0.536. The first-order valence-corrected chi connectivity index (χ1v) is 12.1. The van der Waals surface area contributed by atoms with Gasteiger partial charge in [-0.25, -0.2) is 0 Å². The SMILES string of the molecule is O=C1C(=O)N(c2ccccc2)CCN(c2ccccc2)N(c2ccccc2)CCN1c1ccccc1. The molecule has 5 rings (SSSR count). The molecule has 1 saturated heterocycles. The minimum absolute atomic E-state index is 0.343. The second-order valence-electron chi connectivity index (χ2n) is 8.50. The highest BCUT2D eigenvalue weighted by molar-refractivity contribution is 6.45. The molecule has 0 aromatic heterocycles. The monoisotopic (exact) mass is 476 g/mol. The summed E-state index contributed by atoms with van der Waals surface area (Å²) >= 11 is 0. The van der Waals surface area contributed by atoms with Gasteiger partial charge in [0.05, 0.1) is 24.5 Å². The van der Waals surface area contributed by atoms with Crippen molar-refractivity contribution in [3.05, 3.63) is 121 Å².